The Hall–Kier alpha value is -1.61. The Morgan fingerprint density at radius 1 is 1.41 bits per heavy atom. The van der Waals surface area contributed by atoms with Gasteiger partial charge in [-0.05, 0) is 12.0 Å². The summed E-state index contributed by atoms with van der Waals surface area (Å²) in [6, 6.07) is 9.92. The molecule has 0 heterocycles. The topological polar surface area (TPSA) is 46.5 Å². The number of ether oxygens (including phenoxy) is 1. The quantitative estimate of drug-likeness (QED) is 0.789. The minimum absolute atomic E-state index is 0.0652. The first-order valence-electron chi connectivity index (χ1n) is 5.77. The molecular formula is C14H18O3. The first-order chi connectivity index (χ1) is 8.22. The van der Waals surface area contributed by atoms with Crippen molar-refractivity contribution in [2.75, 3.05) is 6.61 Å². The van der Waals surface area contributed by atoms with Crippen LogP contribution in [0.1, 0.15) is 25.3 Å². The smallest absolute Gasteiger partial charge is 0.305 e. The lowest BCUT2D eigenvalue weighted by atomic mass is 10.2. The fourth-order valence-corrected chi connectivity index (χ4v) is 1.46. The Labute approximate surface area is 102 Å². The van der Waals surface area contributed by atoms with Gasteiger partial charge in [-0.3, -0.25) is 4.79 Å². The molecule has 3 heteroatoms. The molecule has 0 spiro atoms. The highest BCUT2D eigenvalue weighted by Gasteiger charge is 2.09. The summed E-state index contributed by atoms with van der Waals surface area (Å²) in [6.07, 6.45) is 4.45. The summed E-state index contributed by atoms with van der Waals surface area (Å²) in [5.41, 5.74) is 1.11. The summed E-state index contributed by atoms with van der Waals surface area (Å²) in [7, 11) is 0. The van der Waals surface area contributed by atoms with E-state index >= 15 is 0 Å². The second kappa shape index (κ2) is 7.63. The van der Waals surface area contributed by atoms with Crippen LogP contribution in [-0.4, -0.2) is 23.8 Å². The second-order valence-electron chi connectivity index (χ2n) is 3.77. The number of benzene rings is 1. The normalized spacial score (nSPS) is 12.8. The monoisotopic (exact) mass is 234 g/mol. The third-order valence-electron chi connectivity index (χ3n) is 2.40. The first-order valence-corrected chi connectivity index (χ1v) is 5.77. The lowest BCUT2D eigenvalue weighted by molar-refractivity contribution is -0.140. The summed E-state index contributed by atoms with van der Waals surface area (Å²) in [5.74, 6) is -0.816. The Kier molecular flexibility index (Phi) is 6.04. The van der Waals surface area contributed by atoms with Gasteiger partial charge in [0.05, 0.1) is 19.1 Å². The molecule has 0 radical (unpaired) electrons. The predicted octanol–water partition coefficient (Wildman–Crippen LogP) is 2.97. The fourth-order valence-electron chi connectivity index (χ4n) is 1.46. The molecule has 0 aliphatic carbocycles. The largest absolute Gasteiger partial charge is 0.481 e. The van der Waals surface area contributed by atoms with E-state index in [9.17, 15) is 4.79 Å². The van der Waals surface area contributed by atoms with Crippen LogP contribution in [0.2, 0.25) is 0 Å². The van der Waals surface area contributed by atoms with Gasteiger partial charge in [0, 0.05) is 0 Å². The molecule has 0 bridgehead atoms. The van der Waals surface area contributed by atoms with Crippen molar-refractivity contribution < 1.29 is 14.6 Å². The lowest BCUT2D eigenvalue weighted by Crippen LogP contribution is -2.16. The van der Waals surface area contributed by atoms with Gasteiger partial charge < -0.3 is 9.84 Å². The van der Waals surface area contributed by atoms with Gasteiger partial charge in [0.1, 0.15) is 0 Å². The van der Waals surface area contributed by atoms with Crippen molar-refractivity contribution in [3.05, 3.63) is 42.0 Å². The molecule has 92 valence electrons. The molecule has 0 aliphatic rings. The van der Waals surface area contributed by atoms with E-state index in [1.165, 1.54) is 0 Å². The van der Waals surface area contributed by atoms with Crippen LogP contribution in [0.25, 0.3) is 6.08 Å². The van der Waals surface area contributed by atoms with Crippen LogP contribution in [0.15, 0.2) is 36.4 Å². The van der Waals surface area contributed by atoms with Gasteiger partial charge in [0.2, 0.25) is 0 Å². The molecule has 1 N–H and O–H groups in total. The van der Waals surface area contributed by atoms with Crippen molar-refractivity contribution in [3.8, 4) is 0 Å². The van der Waals surface area contributed by atoms with E-state index in [0.717, 1.165) is 5.56 Å². The lowest BCUT2D eigenvalue weighted by Gasteiger charge is -2.11. The van der Waals surface area contributed by atoms with Crippen LogP contribution in [0.4, 0.5) is 0 Å². The number of hydrogen-bond acceptors (Lipinski definition) is 2. The minimum atomic E-state index is -0.816. The van der Waals surface area contributed by atoms with E-state index in [1.807, 2.05) is 49.4 Å². The first kappa shape index (κ1) is 13.5. The van der Waals surface area contributed by atoms with E-state index in [4.69, 9.17) is 9.84 Å². The van der Waals surface area contributed by atoms with Gasteiger partial charge in [-0.1, -0.05) is 49.4 Å². The van der Waals surface area contributed by atoms with E-state index in [2.05, 4.69) is 0 Å². The fraction of sp³-hybridized carbons (Fsp3) is 0.357. The van der Waals surface area contributed by atoms with Crippen LogP contribution in [0.3, 0.4) is 0 Å². The highest BCUT2D eigenvalue weighted by molar-refractivity contribution is 5.67. The molecule has 0 saturated heterocycles. The average molecular weight is 234 g/mol. The Balaban J connectivity index is 2.31. The summed E-state index contributed by atoms with van der Waals surface area (Å²) < 4.78 is 5.46. The molecule has 0 amide bonds. The van der Waals surface area contributed by atoms with Crippen molar-refractivity contribution in [1.82, 2.24) is 0 Å². The van der Waals surface area contributed by atoms with Crippen molar-refractivity contribution in [1.29, 1.82) is 0 Å². The Morgan fingerprint density at radius 3 is 2.71 bits per heavy atom. The number of carboxylic acids is 1. The van der Waals surface area contributed by atoms with Gasteiger partial charge >= 0.3 is 5.97 Å². The zero-order chi connectivity index (χ0) is 12.5. The van der Waals surface area contributed by atoms with Crippen molar-refractivity contribution in [2.24, 2.45) is 0 Å². The average Bonchev–Trinajstić information content (AvgIpc) is 2.34. The Morgan fingerprint density at radius 2 is 2.12 bits per heavy atom. The molecule has 1 unspecified atom stereocenters. The van der Waals surface area contributed by atoms with Gasteiger partial charge in [0.25, 0.3) is 0 Å². The molecule has 0 aliphatic heterocycles. The standard InChI is InChI=1S/C14H18O3/c1-2-13(11-14(15)16)17-10-6-9-12-7-4-3-5-8-12/h3-9,13H,2,10-11H2,1H3,(H,15,16). The highest BCUT2D eigenvalue weighted by Crippen LogP contribution is 2.05. The molecule has 1 aromatic carbocycles. The SMILES string of the molecule is CCC(CC(=O)O)OCC=Cc1ccccc1. The van der Waals surface area contributed by atoms with Crippen LogP contribution in [0, 0.1) is 0 Å². The van der Waals surface area contributed by atoms with Crippen molar-refractivity contribution in [3.63, 3.8) is 0 Å². The maximum absolute atomic E-state index is 10.5. The number of rotatable bonds is 7. The summed E-state index contributed by atoms with van der Waals surface area (Å²) in [6.45, 7) is 2.37. The molecule has 0 fully saturated rings. The van der Waals surface area contributed by atoms with Gasteiger partial charge in [-0.2, -0.15) is 0 Å². The van der Waals surface area contributed by atoms with Crippen molar-refractivity contribution in [2.45, 2.75) is 25.9 Å². The van der Waals surface area contributed by atoms with Gasteiger partial charge in [0.15, 0.2) is 0 Å². The van der Waals surface area contributed by atoms with Crippen LogP contribution in [0.5, 0.6) is 0 Å². The molecular weight excluding hydrogens is 216 g/mol. The number of carbonyl (C=O) groups is 1. The highest BCUT2D eigenvalue weighted by atomic mass is 16.5. The summed E-state index contributed by atoms with van der Waals surface area (Å²) in [5, 5.41) is 8.65. The van der Waals surface area contributed by atoms with E-state index in [-0.39, 0.29) is 12.5 Å². The number of aliphatic carboxylic acids is 1. The van der Waals surface area contributed by atoms with E-state index in [1.54, 1.807) is 0 Å². The zero-order valence-corrected chi connectivity index (χ0v) is 10.0. The third-order valence-corrected chi connectivity index (χ3v) is 2.40. The minimum Gasteiger partial charge on any atom is -0.481 e. The van der Waals surface area contributed by atoms with Crippen LogP contribution in [-0.2, 0) is 9.53 Å². The maximum atomic E-state index is 10.5. The molecule has 1 rings (SSSR count). The molecule has 0 saturated carbocycles. The molecule has 17 heavy (non-hydrogen) atoms. The zero-order valence-electron chi connectivity index (χ0n) is 10.0. The number of carboxylic acid groups (broad SMARTS) is 1. The van der Waals surface area contributed by atoms with Gasteiger partial charge in [-0.15, -0.1) is 0 Å². The number of hydrogen-bond donors (Lipinski definition) is 1. The summed E-state index contributed by atoms with van der Waals surface area (Å²) in [4.78, 5) is 10.5. The van der Waals surface area contributed by atoms with E-state index < -0.39 is 5.97 Å². The molecule has 0 aromatic heterocycles. The summed E-state index contributed by atoms with van der Waals surface area (Å²) >= 11 is 0. The third kappa shape index (κ3) is 5.88. The molecule has 1 aromatic rings. The van der Waals surface area contributed by atoms with Crippen LogP contribution >= 0.6 is 0 Å². The predicted molar refractivity (Wildman–Crippen MR) is 67.8 cm³/mol. The Bertz CT molecular complexity index is 357. The van der Waals surface area contributed by atoms with E-state index in [0.29, 0.717) is 13.0 Å². The molecule has 1 atom stereocenters. The van der Waals surface area contributed by atoms with Crippen molar-refractivity contribution >= 4 is 12.0 Å². The molecule has 3 nitrogen and oxygen atoms in total. The van der Waals surface area contributed by atoms with Crippen LogP contribution < -0.4 is 0 Å². The maximum Gasteiger partial charge on any atom is 0.305 e. The van der Waals surface area contributed by atoms with Gasteiger partial charge in [-0.25, -0.2) is 0 Å². The second-order valence-corrected chi connectivity index (χ2v) is 3.77.